The molecule has 1 heterocycles. The van der Waals surface area contributed by atoms with Crippen molar-refractivity contribution in [2.75, 3.05) is 27.3 Å². The van der Waals surface area contributed by atoms with Gasteiger partial charge in [-0.25, -0.2) is 0 Å². The highest BCUT2D eigenvalue weighted by atomic mass is 16.5. The molecule has 0 spiro atoms. The Balaban J connectivity index is 2.14. The van der Waals surface area contributed by atoms with E-state index in [0.29, 0.717) is 18.5 Å². The van der Waals surface area contributed by atoms with Crippen LogP contribution in [0.1, 0.15) is 18.9 Å². The van der Waals surface area contributed by atoms with Gasteiger partial charge in [0.2, 0.25) is 11.7 Å². The maximum Gasteiger partial charge on any atom is 0.311 e. The topological polar surface area (TPSA) is 96.3 Å². The highest BCUT2D eigenvalue weighted by molar-refractivity contribution is 5.82. The Morgan fingerprint density at radius 1 is 1.26 bits per heavy atom. The Morgan fingerprint density at radius 2 is 1.83 bits per heavy atom. The number of aliphatic carboxylic acids is 1. The van der Waals surface area contributed by atoms with E-state index in [-0.39, 0.29) is 36.1 Å². The van der Waals surface area contributed by atoms with Gasteiger partial charge in [-0.2, -0.15) is 0 Å². The number of carboxylic acid groups (broad SMARTS) is 1. The van der Waals surface area contributed by atoms with Crippen molar-refractivity contribution in [3.05, 3.63) is 17.7 Å². The number of phenols is 1. The predicted molar refractivity (Wildman–Crippen MR) is 81.9 cm³/mol. The number of nitrogens with zero attached hydrogens (tertiary/aromatic N) is 1. The molecule has 1 amide bonds. The summed E-state index contributed by atoms with van der Waals surface area (Å²) in [6.07, 6.45) is 0.527. The summed E-state index contributed by atoms with van der Waals surface area (Å²) >= 11 is 0. The lowest BCUT2D eigenvalue weighted by atomic mass is 9.90. The summed E-state index contributed by atoms with van der Waals surface area (Å²) in [5.41, 5.74) is -0.259. The molecule has 0 aromatic heterocycles. The van der Waals surface area contributed by atoms with E-state index < -0.39 is 11.4 Å². The number of rotatable bonds is 5. The Labute approximate surface area is 134 Å². The fraction of sp³-hybridized carbons (Fsp3) is 0.500. The van der Waals surface area contributed by atoms with Gasteiger partial charge in [-0.15, -0.1) is 0 Å². The summed E-state index contributed by atoms with van der Waals surface area (Å²) < 4.78 is 10.1. The number of hydrogen-bond acceptors (Lipinski definition) is 5. The van der Waals surface area contributed by atoms with Crippen molar-refractivity contribution in [2.45, 2.75) is 19.8 Å². The molecule has 126 valence electrons. The number of hydrogen-bond donors (Lipinski definition) is 2. The number of carboxylic acids is 1. The summed E-state index contributed by atoms with van der Waals surface area (Å²) in [5, 5.41) is 19.1. The second-order valence-corrected chi connectivity index (χ2v) is 5.96. The summed E-state index contributed by atoms with van der Waals surface area (Å²) in [5.74, 6) is -0.718. The minimum Gasteiger partial charge on any atom is -0.502 e. The average Bonchev–Trinajstić information content (AvgIpc) is 2.93. The van der Waals surface area contributed by atoms with Crippen LogP contribution in [0.2, 0.25) is 0 Å². The molecule has 1 fully saturated rings. The number of aromatic hydroxyl groups is 1. The normalized spacial score (nSPS) is 20.4. The van der Waals surface area contributed by atoms with E-state index >= 15 is 0 Å². The zero-order valence-electron chi connectivity index (χ0n) is 13.5. The standard InChI is InChI=1S/C16H21NO6/c1-16(15(20)21)4-5-17(9-16)13(18)8-10-6-11(22-2)14(19)12(7-10)23-3/h6-7,19H,4-5,8-9H2,1-3H3,(H,20,21). The van der Waals surface area contributed by atoms with Gasteiger partial charge in [-0.1, -0.05) is 0 Å². The summed E-state index contributed by atoms with van der Waals surface area (Å²) in [7, 11) is 2.83. The summed E-state index contributed by atoms with van der Waals surface area (Å²) in [4.78, 5) is 25.2. The zero-order valence-corrected chi connectivity index (χ0v) is 13.5. The van der Waals surface area contributed by atoms with Crippen LogP contribution in [0.3, 0.4) is 0 Å². The molecule has 2 rings (SSSR count). The maximum atomic E-state index is 12.4. The van der Waals surface area contributed by atoms with Crippen LogP contribution in [0.25, 0.3) is 0 Å². The second-order valence-electron chi connectivity index (χ2n) is 5.96. The van der Waals surface area contributed by atoms with Gasteiger partial charge in [0.15, 0.2) is 11.5 Å². The molecule has 1 aliphatic heterocycles. The first kappa shape index (κ1) is 16.9. The van der Waals surface area contributed by atoms with Crippen molar-refractivity contribution in [1.29, 1.82) is 0 Å². The van der Waals surface area contributed by atoms with E-state index in [1.54, 1.807) is 24.0 Å². The number of methoxy groups -OCH3 is 2. The number of phenolic OH excluding ortho intramolecular Hbond substituents is 1. The lowest BCUT2D eigenvalue weighted by molar-refractivity contribution is -0.147. The molecule has 7 nitrogen and oxygen atoms in total. The molecule has 23 heavy (non-hydrogen) atoms. The van der Waals surface area contributed by atoms with Gasteiger partial charge in [0.25, 0.3) is 0 Å². The number of ether oxygens (including phenoxy) is 2. The Hall–Kier alpha value is -2.44. The monoisotopic (exact) mass is 323 g/mol. The molecule has 0 saturated carbocycles. The van der Waals surface area contributed by atoms with E-state index in [0.717, 1.165) is 0 Å². The number of carbonyl (C=O) groups is 2. The molecular formula is C16H21NO6. The van der Waals surface area contributed by atoms with Crippen LogP contribution in [0.4, 0.5) is 0 Å². The highest BCUT2D eigenvalue weighted by Gasteiger charge is 2.41. The fourth-order valence-corrected chi connectivity index (χ4v) is 2.68. The van der Waals surface area contributed by atoms with Crippen LogP contribution in [0.15, 0.2) is 12.1 Å². The Bertz CT molecular complexity index is 604. The van der Waals surface area contributed by atoms with Gasteiger partial charge in [-0.05, 0) is 31.0 Å². The molecule has 0 aliphatic carbocycles. The average molecular weight is 323 g/mol. The van der Waals surface area contributed by atoms with Crippen LogP contribution in [-0.2, 0) is 16.0 Å². The van der Waals surface area contributed by atoms with Crippen molar-refractivity contribution < 1.29 is 29.3 Å². The lowest BCUT2D eigenvalue weighted by Crippen LogP contribution is -2.35. The van der Waals surface area contributed by atoms with E-state index in [4.69, 9.17) is 9.47 Å². The van der Waals surface area contributed by atoms with Gasteiger partial charge in [-0.3, -0.25) is 9.59 Å². The molecule has 2 N–H and O–H groups in total. The van der Waals surface area contributed by atoms with Gasteiger partial charge < -0.3 is 24.6 Å². The molecule has 1 unspecified atom stereocenters. The number of benzene rings is 1. The van der Waals surface area contributed by atoms with Crippen molar-refractivity contribution in [3.63, 3.8) is 0 Å². The molecule has 1 aromatic carbocycles. The molecule has 1 aromatic rings. The number of likely N-dealkylation sites (tertiary alicyclic amines) is 1. The van der Waals surface area contributed by atoms with Crippen LogP contribution in [0, 0.1) is 5.41 Å². The molecular weight excluding hydrogens is 302 g/mol. The molecule has 1 atom stereocenters. The summed E-state index contributed by atoms with van der Waals surface area (Å²) in [6, 6.07) is 3.14. The second kappa shape index (κ2) is 6.36. The van der Waals surface area contributed by atoms with E-state index in [9.17, 15) is 19.8 Å². The fourth-order valence-electron chi connectivity index (χ4n) is 2.68. The SMILES string of the molecule is COc1cc(CC(=O)N2CCC(C)(C(=O)O)C2)cc(OC)c1O. The first-order valence-electron chi connectivity index (χ1n) is 7.26. The molecule has 0 bridgehead atoms. The third kappa shape index (κ3) is 3.33. The van der Waals surface area contributed by atoms with Crippen molar-refractivity contribution in [2.24, 2.45) is 5.41 Å². The van der Waals surface area contributed by atoms with Crippen molar-refractivity contribution >= 4 is 11.9 Å². The van der Waals surface area contributed by atoms with Gasteiger partial charge in [0, 0.05) is 13.1 Å². The molecule has 7 heteroatoms. The molecule has 1 saturated heterocycles. The first-order valence-corrected chi connectivity index (χ1v) is 7.26. The van der Waals surface area contributed by atoms with Gasteiger partial charge in [0.1, 0.15) is 0 Å². The third-order valence-electron chi connectivity index (χ3n) is 4.24. The molecule has 0 radical (unpaired) electrons. The number of amides is 1. The largest absolute Gasteiger partial charge is 0.502 e. The minimum absolute atomic E-state index is 0.0860. The zero-order chi connectivity index (χ0) is 17.2. The lowest BCUT2D eigenvalue weighted by Gasteiger charge is -2.20. The van der Waals surface area contributed by atoms with Crippen LogP contribution in [0.5, 0.6) is 17.2 Å². The predicted octanol–water partition coefficient (Wildman–Crippen LogP) is 1.28. The van der Waals surface area contributed by atoms with E-state index in [2.05, 4.69) is 0 Å². The summed E-state index contributed by atoms with van der Waals surface area (Å²) in [6.45, 7) is 2.27. The van der Waals surface area contributed by atoms with Crippen molar-refractivity contribution in [3.8, 4) is 17.2 Å². The number of carbonyl (C=O) groups excluding carboxylic acids is 1. The van der Waals surface area contributed by atoms with Crippen LogP contribution >= 0.6 is 0 Å². The minimum atomic E-state index is -0.889. The third-order valence-corrected chi connectivity index (χ3v) is 4.24. The maximum absolute atomic E-state index is 12.4. The Kier molecular flexibility index (Phi) is 4.68. The quantitative estimate of drug-likeness (QED) is 0.847. The smallest absolute Gasteiger partial charge is 0.311 e. The van der Waals surface area contributed by atoms with Crippen LogP contribution in [-0.4, -0.2) is 54.3 Å². The first-order chi connectivity index (χ1) is 10.8. The van der Waals surface area contributed by atoms with Gasteiger partial charge in [0.05, 0.1) is 26.1 Å². The Morgan fingerprint density at radius 3 is 2.26 bits per heavy atom. The van der Waals surface area contributed by atoms with Crippen molar-refractivity contribution in [1.82, 2.24) is 4.90 Å². The highest BCUT2D eigenvalue weighted by Crippen LogP contribution is 2.37. The van der Waals surface area contributed by atoms with E-state index in [1.807, 2.05) is 0 Å². The van der Waals surface area contributed by atoms with Gasteiger partial charge >= 0.3 is 5.97 Å². The van der Waals surface area contributed by atoms with E-state index in [1.165, 1.54) is 14.2 Å². The molecule has 1 aliphatic rings. The van der Waals surface area contributed by atoms with Crippen LogP contribution < -0.4 is 9.47 Å².